The standard InChI is InChI=1S/C28H29BrN2O5/c1-4-19(3)21-9-13-24(14-10-21)35-18-27(32)31-30-17-20-6-15-25(26(16-20)34-5-2)36-28(33)22-7-11-23(29)12-8-22/h6-17,19H,4-5,18H2,1-3H3,(H,31,32)/b30-17+. The molecule has 1 N–H and O–H groups in total. The van der Waals surface area contributed by atoms with Gasteiger partial charge in [-0.05, 0) is 85.0 Å². The van der Waals surface area contributed by atoms with E-state index in [4.69, 9.17) is 14.2 Å². The third-order valence-electron chi connectivity index (χ3n) is 5.38. The van der Waals surface area contributed by atoms with Gasteiger partial charge < -0.3 is 14.2 Å². The zero-order valence-electron chi connectivity index (χ0n) is 20.5. The second-order valence-corrected chi connectivity index (χ2v) is 8.91. The van der Waals surface area contributed by atoms with E-state index in [1.807, 2.05) is 31.2 Å². The SMILES string of the molecule is CCOc1cc(/C=N/NC(=O)COc2ccc(C(C)CC)cc2)ccc1OC(=O)c1ccc(Br)cc1. The van der Waals surface area contributed by atoms with Crippen LogP contribution in [0.4, 0.5) is 0 Å². The molecule has 0 heterocycles. The molecule has 1 unspecified atom stereocenters. The first-order chi connectivity index (χ1) is 17.4. The average Bonchev–Trinajstić information content (AvgIpc) is 2.89. The zero-order chi connectivity index (χ0) is 25.9. The maximum atomic E-state index is 12.5. The van der Waals surface area contributed by atoms with Crippen LogP contribution in [-0.4, -0.2) is 31.3 Å². The summed E-state index contributed by atoms with van der Waals surface area (Å²) in [7, 11) is 0. The molecule has 1 amide bonds. The van der Waals surface area contributed by atoms with Gasteiger partial charge in [0.2, 0.25) is 0 Å². The highest BCUT2D eigenvalue weighted by Gasteiger charge is 2.13. The monoisotopic (exact) mass is 552 g/mol. The van der Waals surface area contributed by atoms with Gasteiger partial charge in [-0.25, -0.2) is 10.2 Å². The van der Waals surface area contributed by atoms with Gasteiger partial charge in [-0.15, -0.1) is 0 Å². The van der Waals surface area contributed by atoms with E-state index < -0.39 is 5.97 Å². The number of hydrazone groups is 1. The summed E-state index contributed by atoms with van der Waals surface area (Å²) in [6.07, 6.45) is 2.54. The van der Waals surface area contributed by atoms with Gasteiger partial charge in [0.15, 0.2) is 18.1 Å². The Labute approximate surface area is 219 Å². The summed E-state index contributed by atoms with van der Waals surface area (Å²) in [5, 5.41) is 3.98. The van der Waals surface area contributed by atoms with E-state index in [1.54, 1.807) is 42.5 Å². The van der Waals surface area contributed by atoms with Gasteiger partial charge in [-0.1, -0.05) is 41.9 Å². The normalized spacial score (nSPS) is 11.7. The van der Waals surface area contributed by atoms with Crippen molar-refractivity contribution in [1.82, 2.24) is 5.43 Å². The molecule has 7 nitrogen and oxygen atoms in total. The van der Waals surface area contributed by atoms with Gasteiger partial charge in [0.05, 0.1) is 18.4 Å². The average molecular weight is 553 g/mol. The molecule has 8 heteroatoms. The van der Waals surface area contributed by atoms with Crippen molar-refractivity contribution in [2.75, 3.05) is 13.2 Å². The Morgan fingerprint density at radius 2 is 1.69 bits per heavy atom. The predicted molar refractivity (Wildman–Crippen MR) is 143 cm³/mol. The molecule has 3 aromatic carbocycles. The number of amides is 1. The topological polar surface area (TPSA) is 86.2 Å². The minimum atomic E-state index is -0.494. The van der Waals surface area contributed by atoms with Crippen molar-refractivity contribution in [1.29, 1.82) is 0 Å². The molecule has 0 aliphatic rings. The van der Waals surface area contributed by atoms with Crippen LogP contribution >= 0.6 is 15.9 Å². The lowest BCUT2D eigenvalue weighted by atomic mass is 9.99. The molecule has 1 atom stereocenters. The lowest BCUT2D eigenvalue weighted by Crippen LogP contribution is -2.24. The van der Waals surface area contributed by atoms with Crippen LogP contribution in [0.5, 0.6) is 17.2 Å². The summed E-state index contributed by atoms with van der Waals surface area (Å²) in [4.78, 5) is 24.6. The summed E-state index contributed by atoms with van der Waals surface area (Å²) >= 11 is 3.34. The zero-order valence-corrected chi connectivity index (χ0v) is 22.1. The van der Waals surface area contributed by atoms with E-state index in [0.717, 1.165) is 10.9 Å². The number of nitrogens with zero attached hydrogens (tertiary/aromatic N) is 1. The number of hydrogen-bond acceptors (Lipinski definition) is 6. The summed E-state index contributed by atoms with van der Waals surface area (Å²) < 4.78 is 17.5. The second kappa shape index (κ2) is 13.4. The molecular formula is C28H29BrN2O5. The summed E-state index contributed by atoms with van der Waals surface area (Å²) in [5.74, 6) is 0.901. The van der Waals surface area contributed by atoms with Gasteiger partial charge in [-0.3, -0.25) is 4.79 Å². The molecule has 0 saturated heterocycles. The Bertz CT molecular complexity index is 1190. The molecule has 0 aromatic heterocycles. The number of esters is 1. The minimum absolute atomic E-state index is 0.158. The van der Waals surface area contributed by atoms with Crippen molar-refractivity contribution >= 4 is 34.0 Å². The molecular weight excluding hydrogens is 524 g/mol. The van der Waals surface area contributed by atoms with E-state index in [1.165, 1.54) is 11.8 Å². The van der Waals surface area contributed by atoms with Crippen LogP contribution in [0.2, 0.25) is 0 Å². The van der Waals surface area contributed by atoms with E-state index in [2.05, 4.69) is 40.3 Å². The molecule has 0 radical (unpaired) electrons. The van der Waals surface area contributed by atoms with Crippen LogP contribution in [0.1, 0.15) is 54.6 Å². The summed E-state index contributed by atoms with van der Waals surface area (Å²) in [6.45, 7) is 6.37. The lowest BCUT2D eigenvalue weighted by Gasteiger charge is -2.11. The molecule has 3 rings (SSSR count). The number of benzene rings is 3. The van der Waals surface area contributed by atoms with Crippen molar-refractivity contribution in [2.24, 2.45) is 5.10 Å². The van der Waals surface area contributed by atoms with Gasteiger partial charge in [-0.2, -0.15) is 5.10 Å². The Kier molecular flexibility index (Phi) is 10.1. The molecule has 0 spiro atoms. The molecule has 0 saturated carbocycles. The maximum Gasteiger partial charge on any atom is 0.343 e. The number of carbonyl (C=O) groups is 2. The third-order valence-corrected chi connectivity index (χ3v) is 5.91. The Balaban J connectivity index is 1.55. The van der Waals surface area contributed by atoms with Crippen molar-refractivity contribution in [3.05, 3.63) is 87.9 Å². The quantitative estimate of drug-likeness (QED) is 0.134. The predicted octanol–water partition coefficient (Wildman–Crippen LogP) is 6.11. The van der Waals surface area contributed by atoms with E-state index in [0.29, 0.717) is 40.9 Å². The first-order valence-electron chi connectivity index (χ1n) is 11.7. The molecule has 188 valence electrons. The first kappa shape index (κ1) is 26.9. The highest BCUT2D eigenvalue weighted by atomic mass is 79.9. The Morgan fingerprint density at radius 3 is 2.36 bits per heavy atom. The molecule has 0 bridgehead atoms. The highest BCUT2D eigenvalue weighted by molar-refractivity contribution is 9.10. The Morgan fingerprint density at radius 1 is 0.972 bits per heavy atom. The molecule has 0 aliphatic heterocycles. The largest absolute Gasteiger partial charge is 0.490 e. The molecule has 0 fully saturated rings. The smallest absolute Gasteiger partial charge is 0.343 e. The third kappa shape index (κ3) is 7.95. The number of halogens is 1. The van der Waals surface area contributed by atoms with Crippen molar-refractivity contribution in [3.8, 4) is 17.2 Å². The highest BCUT2D eigenvalue weighted by Crippen LogP contribution is 2.29. The van der Waals surface area contributed by atoms with Crippen molar-refractivity contribution in [3.63, 3.8) is 0 Å². The van der Waals surface area contributed by atoms with Crippen LogP contribution in [0.3, 0.4) is 0 Å². The number of carbonyl (C=O) groups excluding carboxylic acids is 2. The van der Waals surface area contributed by atoms with Crippen LogP contribution in [0.25, 0.3) is 0 Å². The van der Waals surface area contributed by atoms with E-state index in [-0.39, 0.29) is 12.5 Å². The van der Waals surface area contributed by atoms with Crippen LogP contribution in [0.15, 0.2) is 76.3 Å². The fourth-order valence-electron chi connectivity index (χ4n) is 3.19. The summed E-state index contributed by atoms with van der Waals surface area (Å²) in [6, 6.07) is 19.6. The number of nitrogens with one attached hydrogen (secondary N) is 1. The number of hydrogen-bond donors (Lipinski definition) is 1. The van der Waals surface area contributed by atoms with E-state index >= 15 is 0 Å². The fourth-order valence-corrected chi connectivity index (χ4v) is 3.45. The fraction of sp³-hybridized carbons (Fsp3) is 0.250. The molecule has 3 aromatic rings. The minimum Gasteiger partial charge on any atom is -0.490 e. The first-order valence-corrected chi connectivity index (χ1v) is 12.5. The summed E-state index contributed by atoms with van der Waals surface area (Å²) in [5.41, 5.74) is 4.75. The van der Waals surface area contributed by atoms with Gasteiger partial charge in [0, 0.05) is 4.47 Å². The second-order valence-electron chi connectivity index (χ2n) is 8.00. The lowest BCUT2D eigenvalue weighted by molar-refractivity contribution is -0.123. The Hall–Kier alpha value is -3.65. The van der Waals surface area contributed by atoms with Crippen molar-refractivity contribution in [2.45, 2.75) is 33.1 Å². The van der Waals surface area contributed by atoms with Crippen LogP contribution < -0.4 is 19.6 Å². The number of ether oxygens (including phenoxy) is 3. The maximum absolute atomic E-state index is 12.5. The number of rotatable bonds is 11. The van der Waals surface area contributed by atoms with Crippen molar-refractivity contribution < 1.29 is 23.8 Å². The van der Waals surface area contributed by atoms with Gasteiger partial charge >= 0.3 is 5.97 Å². The van der Waals surface area contributed by atoms with Crippen LogP contribution in [-0.2, 0) is 4.79 Å². The molecule has 36 heavy (non-hydrogen) atoms. The van der Waals surface area contributed by atoms with Gasteiger partial charge in [0.1, 0.15) is 5.75 Å². The van der Waals surface area contributed by atoms with E-state index in [9.17, 15) is 9.59 Å². The molecule has 0 aliphatic carbocycles. The van der Waals surface area contributed by atoms with Crippen LogP contribution in [0, 0.1) is 0 Å². The van der Waals surface area contributed by atoms with Gasteiger partial charge in [0.25, 0.3) is 5.91 Å².